The van der Waals surface area contributed by atoms with Gasteiger partial charge < -0.3 is 24.4 Å². The summed E-state index contributed by atoms with van der Waals surface area (Å²) in [5, 5.41) is 19.6. The van der Waals surface area contributed by atoms with E-state index in [9.17, 15) is 19.5 Å². The lowest BCUT2D eigenvalue weighted by Gasteiger charge is -2.36. The van der Waals surface area contributed by atoms with E-state index in [0.717, 1.165) is 18.4 Å². The first-order chi connectivity index (χ1) is 18.1. The molecule has 0 fully saturated rings. The number of carbonyl (C=O) groups excluding carboxylic acids is 2. The van der Waals surface area contributed by atoms with Crippen LogP contribution < -0.4 is 14.2 Å². The molecule has 0 saturated heterocycles. The van der Waals surface area contributed by atoms with Gasteiger partial charge in [-0.3, -0.25) is 14.4 Å². The fourth-order valence-electron chi connectivity index (χ4n) is 4.75. The van der Waals surface area contributed by atoms with Gasteiger partial charge in [0, 0.05) is 24.0 Å². The number of ether oxygens (including phenoxy) is 3. The Morgan fingerprint density at radius 1 is 1.00 bits per heavy atom. The largest absolute Gasteiger partial charge is 0.507 e. The summed E-state index contributed by atoms with van der Waals surface area (Å²) in [6, 6.07) is 6.82. The van der Waals surface area contributed by atoms with Crippen molar-refractivity contribution in [3.05, 3.63) is 46.5 Å². The van der Waals surface area contributed by atoms with E-state index >= 15 is 0 Å². The minimum absolute atomic E-state index is 0.0173. The van der Waals surface area contributed by atoms with Crippen LogP contribution in [0, 0.1) is 0 Å². The van der Waals surface area contributed by atoms with Crippen molar-refractivity contribution < 1.29 is 38.8 Å². The van der Waals surface area contributed by atoms with Gasteiger partial charge in [0.1, 0.15) is 28.6 Å². The first kappa shape index (κ1) is 29.0. The summed E-state index contributed by atoms with van der Waals surface area (Å²) in [5.74, 6) is 0.497. The summed E-state index contributed by atoms with van der Waals surface area (Å²) in [6.45, 7) is 7.95. The Morgan fingerprint density at radius 3 is 2.21 bits per heavy atom. The number of carboxylic acid groups (broad SMARTS) is 1. The fourth-order valence-corrected chi connectivity index (χ4v) is 4.75. The van der Waals surface area contributed by atoms with E-state index in [1.54, 1.807) is 31.2 Å². The SMILES string of the molecule is CCCc1c(OCCCOc2ccc3c(c2CCC)OC(C)(CCC(=O)O)CC3=O)ccc(C(C)=O)c1O. The Hall–Kier alpha value is -3.55. The van der Waals surface area contributed by atoms with Gasteiger partial charge in [-0.1, -0.05) is 26.7 Å². The van der Waals surface area contributed by atoms with Gasteiger partial charge in [-0.15, -0.1) is 0 Å². The maximum Gasteiger partial charge on any atom is 0.303 e. The van der Waals surface area contributed by atoms with E-state index in [4.69, 9.17) is 19.3 Å². The summed E-state index contributed by atoms with van der Waals surface area (Å²) < 4.78 is 18.3. The van der Waals surface area contributed by atoms with Crippen molar-refractivity contribution in [2.24, 2.45) is 0 Å². The van der Waals surface area contributed by atoms with Gasteiger partial charge >= 0.3 is 5.97 Å². The number of phenols is 1. The van der Waals surface area contributed by atoms with Crippen molar-refractivity contribution >= 4 is 17.5 Å². The molecule has 1 unspecified atom stereocenters. The van der Waals surface area contributed by atoms with E-state index in [1.807, 2.05) is 13.8 Å². The zero-order valence-corrected chi connectivity index (χ0v) is 22.7. The molecule has 0 aromatic heterocycles. The number of phenolic OH excluding ortho intramolecular Hbond substituents is 1. The predicted molar refractivity (Wildman–Crippen MR) is 143 cm³/mol. The number of carboxylic acids is 1. The number of aromatic hydroxyl groups is 1. The maximum absolute atomic E-state index is 12.9. The zero-order chi connectivity index (χ0) is 27.9. The molecule has 38 heavy (non-hydrogen) atoms. The lowest BCUT2D eigenvalue weighted by Crippen LogP contribution is -2.40. The first-order valence-electron chi connectivity index (χ1n) is 13.3. The molecule has 1 aliphatic rings. The number of aliphatic carboxylic acids is 1. The van der Waals surface area contributed by atoms with Crippen molar-refractivity contribution in [1.82, 2.24) is 0 Å². The molecule has 2 aromatic carbocycles. The minimum Gasteiger partial charge on any atom is -0.507 e. The van der Waals surface area contributed by atoms with Crippen LogP contribution in [0.1, 0.15) is 98.1 Å². The standard InChI is InChI=1S/C30H38O8/c1-5-8-22-25(12-10-20(19(3)31)28(22)35)36-16-7-17-37-26-13-11-21-24(32)18-30(4,15-14-27(33)34)38-29(21)23(26)9-6-2/h10-13,35H,5-9,14-18H2,1-4H3,(H,33,34). The minimum atomic E-state index is -0.923. The van der Waals surface area contributed by atoms with Crippen LogP contribution >= 0.6 is 0 Å². The second-order valence-corrected chi connectivity index (χ2v) is 10.0. The summed E-state index contributed by atoms with van der Waals surface area (Å²) >= 11 is 0. The van der Waals surface area contributed by atoms with Crippen molar-refractivity contribution in [3.63, 3.8) is 0 Å². The van der Waals surface area contributed by atoms with E-state index in [0.29, 0.717) is 66.4 Å². The molecule has 2 N–H and O–H groups in total. The van der Waals surface area contributed by atoms with E-state index < -0.39 is 11.6 Å². The second kappa shape index (κ2) is 12.8. The van der Waals surface area contributed by atoms with E-state index in [1.165, 1.54) is 6.92 Å². The predicted octanol–water partition coefficient (Wildman–Crippen LogP) is 5.94. The molecule has 8 nitrogen and oxygen atoms in total. The number of benzene rings is 2. The van der Waals surface area contributed by atoms with Crippen LogP contribution in [0.5, 0.6) is 23.0 Å². The molecule has 0 saturated carbocycles. The number of Topliss-reactive ketones (excluding diaryl/α,β-unsaturated/α-hetero) is 2. The van der Waals surface area contributed by atoms with Crippen LogP contribution in [0.25, 0.3) is 0 Å². The Balaban J connectivity index is 1.69. The number of hydrogen-bond donors (Lipinski definition) is 2. The van der Waals surface area contributed by atoms with Crippen LogP contribution in [-0.2, 0) is 17.6 Å². The normalized spacial score (nSPS) is 16.5. The molecule has 206 valence electrons. The highest BCUT2D eigenvalue weighted by atomic mass is 16.5. The average molecular weight is 527 g/mol. The fraction of sp³-hybridized carbons (Fsp3) is 0.500. The Labute approximate surface area is 223 Å². The smallest absolute Gasteiger partial charge is 0.303 e. The molecule has 8 heteroatoms. The van der Waals surface area contributed by atoms with Gasteiger partial charge in [-0.25, -0.2) is 0 Å². The van der Waals surface area contributed by atoms with E-state index in [-0.39, 0.29) is 36.6 Å². The van der Waals surface area contributed by atoms with Gasteiger partial charge in [0.15, 0.2) is 11.6 Å². The third kappa shape index (κ3) is 6.85. The molecule has 0 aliphatic carbocycles. The summed E-state index contributed by atoms with van der Waals surface area (Å²) in [6.07, 6.45) is 3.74. The quantitative estimate of drug-likeness (QED) is 0.229. The second-order valence-electron chi connectivity index (χ2n) is 10.0. The molecular formula is C30H38O8. The van der Waals surface area contributed by atoms with Crippen LogP contribution in [0.2, 0.25) is 0 Å². The van der Waals surface area contributed by atoms with Crippen LogP contribution in [0.15, 0.2) is 24.3 Å². The molecular weight excluding hydrogens is 488 g/mol. The van der Waals surface area contributed by atoms with Crippen molar-refractivity contribution in [2.45, 2.75) is 84.7 Å². The maximum atomic E-state index is 12.9. The van der Waals surface area contributed by atoms with Gasteiger partial charge in [0.05, 0.1) is 30.8 Å². The third-order valence-corrected chi connectivity index (χ3v) is 6.69. The Morgan fingerprint density at radius 2 is 1.61 bits per heavy atom. The lowest BCUT2D eigenvalue weighted by molar-refractivity contribution is -0.138. The van der Waals surface area contributed by atoms with Crippen molar-refractivity contribution in [3.8, 4) is 23.0 Å². The molecule has 1 heterocycles. The van der Waals surface area contributed by atoms with Gasteiger partial charge in [0.2, 0.25) is 0 Å². The molecule has 3 rings (SSSR count). The topological polar surface area (TPSA) is 119 Å². The van der Waals surface area contributed by atoms with Crippen LogP contribution in [-0.4, -0.2) is 46.6 Å². The number of rotatable bonds is 14. The molecule has 2 aromatic rings. The van der Waals surface area contributed by atoms with Gasteiger partial charge in [-0.2, -0.15) is 0 Å². The first-order valence-corrected chi connectivity index (χ1v) is 13.3. The Kier molecular flexibility index (Phi) is 9.78. The molecule has 0 amide bonds. The molecule has 1 atom stereocenters. The Bertz CT molecular complexity index is 1190. The van der Waals surface area contributed by atoms with E-state index in [2.05, 4.69) is 0 Å². The summed E-state index contributed by atoms with van der Waals surface area (Å²) in [5.41, 5.74) is 1.37. The zero-order valence-electron chi connectivity index (χ0n) is 22.7. The summed E-state index contributed by atoms with van der Waals surface area (Å²) in [7, 11) is 0. The third-order valence-electron chi connectivity index (χ3n) is 6.69. The molecule has 0 radical (unpaired) electrons. The number of fused-ring (bicyclic) bond motifs is 1. The highest BCUT2D eigenvalue weighted by Gasteiger charge is 2.38. The van der Waals surface area contributed by atoms with Crippen LogP contribution in [0.3, 0.4) is 0 Å². The molecule has 0 bridgehead atoms. The lowest BCUT2D eigenvalue weighted by atomic mass is 9.86. The number of ketones is 2. The average Bonchev–Trinajstić information content (AvgIpc) is 2.85. The highest BCUT2D eigenvalue weighted by Crippen LogP contribution is 2.42. The summed E-state index contributed by atoms with van der Waals surface area (Å²) in [4.78, 5) is 35.8. The van der Waals surface area contributed by atoms with Crippen molar-refractivity contribution in [2.75, 3.05) is 13.2 Å². The number of carbonyl (C=O) groups is 3. The van der Waals surface area contributed by atoms with Gasteiger partial charge in [0.25, 0.3) is 0 Å². The molecule has 1 aliphatic heterocycles. The highest BCUT2D eigenvalue weighted by molar-refractivity contribution is 6.01. The van der Waals surface area contributed by atoms with Crippen LogP contribution in [0.4, 0.5) is 0 Å². The monoisotopic (exact) mass is 526 g/mol. The number of hydrogen-bond acceptors (Lipinski definition) is 7. The molecule has 0 spiro atoms. The van der Waals surface area contributed by atoms with Crippen molar-refractivity contribution in [1.29, 1.82) is 0 Å². The van der Waals surface area contributed by atoms with Gasteiger partial charge in [-0.05, 0) is 57.4 Å².